The molecule has 6 heteroatoms. The van der Waals surface area contributed by atoms with Gasteiger partial charge in [-0.05, 0) is 24.1 Å². The minimum atomic E-state index is 0.0179. The van der Waals surface area contributed by atoms with E-state index in [0.29, 0.717) is 26.1 Å². The van der Waals surface area contributed by atoms with E-state index in [1.807, 2.05) is 29.2 Å². The Morgan fingerprint density at radius 3 is 2.35 bits per heavy atom. The van der Waals surface area contributed by atoms with Gasteiger partial charge in [0, 0.05) is 39.6 Å². The summed E-state index contributed by atoms with van der Waals surface area (Å²) in [4.78, 5) is 27.6. The summed E-state index contributed by atoms with van der Waals surface area (Å²) in [5, 5.41) is 2.62. The number of rotatable bonds is 6. The molecule has 0 spiro atoms. The van der Waals surface area contributed by atoms with Crippen molar-refractivity contribution < 1.29 is 14.3 Å². The monoisotopic (exact) mass is 319 g/mol. The van der Waals surface area contributed by atoms with E-state index in [0.717, 1.165) is 30.8 Å². The SMILES string of the molecule is CNC(=O)CN1CCN(C(=O)CCc2ccc(OC)cc2)CC1. The first-order chi connectivity index (χ1) is 11.1. The van der Waals surface area contributed by atoms with Crippen LogP contribution in [0.25, 0.3) is 0 Å². The van der Waals surface area contributed by atoms with Gasteiger partial charge in [0.05, 0.1) is 13.7 Å². The molecule has 1 fully saturated rings. The van der Waals surface area contributed by atoms with E-state index in [9.17, 15) is 9.59 Å². The number of amides is 2. The number of methoxy groups -OCH3 is 1. The third-order valence-corrected chi connectivity index (χ3v) is 4.16. The van der Waals surface area contributed by atoms with Crippen LogP contribution in [0, 0.1) is 0 Å². The zero-order valence-corrected chi connectivity index (χ0v) is 13.9. The molecule has 0 bridgehead atoms. The molecule has 1 aromatic rings. The second kappa shape index (κ2) is 8.53. The highest BCUT2D eigenvalue weighted by molar-refractivity contribution is 5.78. The largest absolute Gasteiger partial charge is 0.497 e. The zero-order chi connectivity index (χ0) is 16.7. The Kier molecular flexibility index (Phi) is 6.40. The van der Waals surface area contributed by atoms with Crippen molar-refractivity contribution >= 4 is 11.8 Å². The van der Waals surface area contributed by atoms with Gasteiger partial charge in [0.1, 0.15) is 5.75 Å². The van der Waals surface area contributed by atoms with Crippen molar-refractivity contribution in [2.24, 2.45) is 0 Å². The number of nitrogens with one attached hydrogen (secondary N) is 1. The van der Waals surface area contributed by atoms with Crippen LogP contribution in [0.1, 0.15) is 12.0 Å². The normalized spacial score (nSPS) is 15.3. The number of likely N-dealkylation sites (N-methyl/N-ethyl adjacent to an activating group) is 1. The van der Waals surface area contributed by atoms with E-state index in [1.54, 1.807) is 14.2 Å². The van der Waals surface area contributed by atoms with Gasteiger partial charge >= 0.3 is 0 Å². The molecule has 1 heterocycles. The molecule has 23 heavy (non-hydrogen) atoms. The fourth-order valence-corrected chi connectivity index (χ4v) is 2.64. The van der Waals surface area contributed by atoms with E-state index < -0.39 is 0 Å². The van der Waals surface area contributed by atoms with Gasteiger partial charge in [-0.15, -0.1) is 0 Å². The van der Waals surface area contributed by atoms with Gasteiger partial charge in [-0.25, -0.2) is 0 Å². The van der Waals surface area contributed by atoms with Gasteiger partial charge in [-0.1, -0.05) is 12.1 Å². The van der Waals surface area contributed by atoms with Crippen molar-refractivity contribution in [1.82, 2.24) is 15.1 Å². The lowest BCUT2D eigenvalue weighted by Gasteiger charge is -2.34. The molecular formula is C17H25N3O3. The molecular weight excluding hydrogens is 294 g/mol. The van der Waals surface area contributed by atoms with Crippen LogP contribution in [0.15, 0.2) is 24.3 Å². The second-order valence-corrected chi connectivity index (χ2v) is 5.68. The molecule has 1 aliphatic heterocycles. The van der Waals surface area contributed by atoms with Crippen LogP contribution < -0.4 is 10.1 Å². The van der Waals surface area contributed by atoms with Crippen molar-refractivity contribution in [3.05, 3.63) is 29.8 Å². The van der Waals surface area contributed by atoms with Crippen LogP contribution in [0.5, 0.6) is 5.75 Å². The Hall–Kier alpha value is -2.08. The Balaban J connectivity index is 1.73. The van der Waals surface area contributed by atoms with E-state index in [2.05, 4.69) is 10.2 Å². The lowest BCUT2D eigenvalue weighted by atomic mass is 10.1. The smallest absolute Gasteiger partial charge is 0.233 e. The van der Waals surface area contributed by atoms with Crippen molar-refractivity contribution in [3.8, 4) is 5.75 Å². The van der Waals surface area contributed by atoms with Crippen LogP contribution >= 0.6 is 0 Å². The minimum absolute atomic E-state index is 0.0179. The first-order valence-electron chi connectivity index (χ1n) is 7.96. The van der Waals surface area contributed by atoms with Crippen LogP contribution in [-0.2, 0) is 16.0 Å². The second-order valence-electron chi connectivity index (χ2n) is 5.68. The van der Waals surface area contributed by atoms with Gasteiger partial charge in [-0.3, -0.25) is 14.5 Å². The highest BCUT2D eigenvalue weighted by atomic mass is 16.5. The molecule has 0 aromatic heterocycles. The lowest BCUT2D eigenvalue weighted by molar-refractivity contribution is -0.133. The lowest BCUT2D eigenvalue weighted by Crippen LogP contribution is -2.50. The summed E-state index contributed by atoms with van der Waals surface area (Å²) in [5.41, 5.74) is 1.14. The fraction of sp³-hybridized carbons (Fsp3) is 0.529. The molecule has 2 rings (SSSR count). The van der Waals surface area contributed by atoms with Crippen molar-refractivity contribution in [2.75, 3.05) is 46.9 Å². The Labute approximate surface area is 137 Å². The Morgan fingerprint density at radius 1 is 1.13 bits per heavy atom. The predicted molar refractivity (Wildman–Crippen MR) is 88.4 cm³/mol. The van der Waals surface area contributed by atoms with E-state index in [-0.39, 0.29) is 11.8 Å². The standard InChI is InChI=1S/C17H25N3O3/c1-18-16(21)13-19-9-11-20(12-10-19)17(22)8-5-14-3-6-15(23-2)7-4-14/h3-4,6-7H,5,8-13H2,1-2H3,(H,18,21). The molecule has 1 saturated heterocycles. The van der Waals surface area contributed by atoms with Crippen LogP contribution in [0.2, 0.25) is 0 Å². The van der Waals surface area contributed by atoms with Crippen molar-refractivity contribution in [2.45, 2.75) is 12.8 Å². The maximum atomic E-state index is 12.3. The highest BCUT2D eigenvalue weighted by Gasteiger charge is 2.21. The maximum Gasteiger partial charge on any atom is 0.233 e. The Bertz CT molecular complexity index is 522. The van der Waals surface area contributed by atoms with E-state index >= 15 is 0 Å². The van der Waals surface area contributed by atoms with Crippen LogP contribution in [0.3, 0.4) is 0 Å². The quantitative estimate of drug-likeness (QED) is 0.830. The number of piperazine rings is 1. The van der Waals surface area contributed by atoms with Gasteiger partial charge in [0.15, 0.2) is 0 Å². The third-order valence-electron chi connectivity index (χ3n) is 4.16. The van der Waals surface area contributed by atoms with Gasteiger partial charge < -0.3 is 15.0 Å². The predicted octanol–water partition coefficient (Wildman–Crippen LogP) is 0.518. The molecule has 0 saturated carbocycles. The molecule has 1 aliphatic rings. The van der Waals surface area contributed by atoms with Crippen LogP contribution in [0.4, 0.5) is 0 Å². The molecule has 1 aromatic carbocycles. The summed E-state index contributed by atoms with van der Waals surface area (Å²) >= 11 is 0. The fourth-order valence-electron chi connectivity index (χ4n) is 2.64. The average molecular weight is 319 g/mol. The van der Waals surface area contributed by atoms with E-state index in [1.165, 1.54) is 0 Å². The molecule has 126 valence electrons. The number of carbonyl (C=O) groups is 2. The highest BCUT2D eigenvalue weighted by Crippen LogP contribution is 2.13. The molecule has 2 amide bonds. The number of aryl methyl sites for hydroxylation is 1. The first kappa shape index (κ1) is 17.3. The van der Waals surface area contributed by atoms with Gasteiger partial charge in [0.25, 0.3) is 0 Å². The van der Waals surface area contributed by atoms with E-state index in [4.69, 9.17) is 4.74 Å². The zero-order valence-electron chi connectivity index (χ0n) is 13.9. The molecule has 0 unspecified atom stereocenters. The summed E-state index contributed by atoms with van der Waals surface area (Å²) in [6.45, 7) is 3.30. The summed E-state index contributed by atoms with van der Waals surface area (Å²) < 4.78 is 5.13. The van der Waals surface area contributed by atoms with Crippen LogP contribution in [-0.4, -0.2) is 68.5 Å². The topological polar surface area (TPSA) is 61.9 Å². The number of carbonyl (C=O) groups excluding carboxylic acids is 2. The number of hydrogen-bond acceptors (Lipinski definition) is 4. The van der Waals surface area contributed by atoms with Crippen molar-refractivity contribution in [1.29, 1.82) is 0 Å². The number of nitrogens with zero attached hydrogens (tertiary/aromatic N) is 2. The molecule has 1 N–H and O–H groups in total. The third kappa shape index (κ3) is 5.25. The number of hydrogen-bond donors (Lipinski definition) is 1. The maximum absolute atomic E-state index is 12.3. The van der Waals surface area contributed by atoms with Gasteiger partial charge in [0.2, 0.25) is 11.8 Å². The van der Waals surface area contributed by atoms with Gasteiger partial charge in [-0.2, -0.15) is 0 Å². The summed E-state index contributed by atoms with van der Waals surface area (Å²) in [6.07, 6.45) is 1.25. The summed E-state index contributed by atoms with van der Waals surface area (Å²) in [5.74, 6) is 1.03. The average Bonchev–Trinajstić information content (AvgIpc) is 2.60. The summed E-state index contributed by atoms with van der Waals surface area (Å²) in [6, 6.07) is 7.82. The molecule has 6 nitrogen and oxygen atoms in total. The molecule has 0 aliphatic carbocycles. The minimum Gasteiger partial charge on any atom is -0.497 e. The molecule has 0 radical (unpaired) electrons. The number of ether oxygens (including phenoxy) is 1. The van der Waals surface area contributed by atoms with Crippen molar-refractivity contribution in [3.63, 3.8) is 0 Å². The summed E-state index contributed by atoms with van der Waals surface area (Å²) in [7, 11) is 3.28. The first-order valence-corrected chi connectivity index (χ1v) is 7.96. The Morgan fingerprint density at radius 2 is 1.78 bits per heavy atom. The number of benzene rings is 1. The molecule has 0 atom stereocenters.